The fourth-order valence-electron chi connectivity index (χ4n) is 4.68. The summed E-state index contributed by atoms with van der Waals surface area (Å²) in [6, 6.07) is 2.90. The number of oxime groups is 1. The van der Waals surface area contributed by atoms with Crippen molar-refractivity contribution < 1.29 is 28.9 Å². The molecule has 0 aromatic carbocycles. The van der Waals surface area contributed by atoms with Gasteiger partial charge in [-0.25, -0.2) is 9.36 Å². The monoisotopic (exact) mass is 601 g/mol. The van der Waals surface area contributed by atoms with Crippen molar-refractivity contribution in [2.24, 2.45) is 5.16 Å². The van der Waals surface area contributed by atoms with Crippen LogP contribution in [0.4, 0.5) is 5.13 Å². The number of amides is 2. The molecule has 1 saturated heterocycles. The molecular formula is C24H29N10O5S2+. The van der Waals surface area contributed by atoms with E-state index in [4.69, 9.17) is 10.6 Å². The average molecular weight is 602 g/mol. The number of hydrogen-bond acceptors (Lipinski definition) is 12. The van der Waals surface area contributed by atoms with Gasteiger partial charge in [-0.1, -0.05) is 5.16 Å². The molecule has 0 aliphatic carbocycles. The maximum absolute atomic E-state index is 13.2. The number of nitrogens with one attached hydrogen (secondary N) is 2. The Morgan fingerprint density at radius 1 is 1.39 bits per heavy atom. The van der Waals surface area contributed by atoms with Crippen LogP contribution in [-0.2, 0) is 32.3 Å². The zero-order valence-electron chi connectivity index (χ0n) is 22.3. The lowest BCUT2D eigenvalue weighted by Gasteiger charge is -2.49. The third kappa shape index (κ3) is 5.59. The van der Waals surface area contributed by atoms with Gasteiger partial charge in [0.1, 0.15) is 35.8 Å². The van der Waals surface area contributed by atoms with E-state index in [0.29, 0.717) is 11.3 Å². The number of aromatic nitrogens is 5. The minimum Gasteiger partial charge on any atom is -0.477 e. The number of pyridine rings is 1. The van der Waals surface area contributed by atoms with E-state index >= 15 is 0 Å². The highest BCUT2D eigenvalue weighted by Crippen LogP contribution is 2.40. The van der Waals surface area contributed by atoms with Crippen LogP contribution in [0, 0.1) is 0 Å². The van der Waals surface area contributed by atoms with E-state index in [9.17, 15) is 19.5 Å². The van der Waals surface area contributed by atoms with E-state index in [1.165, 1.54) is 16.7 Å². The van der Waals surface area contributed by atoms with Gasteiger partial charge < -0.3 is 30.9 Å². The van der Waals surface area contributed by atoms with Gasteiger partial charge in [0.15, 0.2) is 5.13 Å². The predicted octanol–water partition coefficient (Wildman–Crippen LogP) is -0.454. The molecular weight excluding hydrogens is 572 g/mol. The standard InChI is InChI=1S/C24H28N10O5S2/c1-3-39-30-15(18-29-24(25)41-31-18)20(35)28-16-21(36)34-17(23(37)38)13(11-40-22(16)34)10-32-8-4-6-14-19(32)27-12-33(14)9-5-7-26-2/h4,6,8,12,16,22,26H,3,5,7,9-11H2,1-2H3,(H3-,25,28,29,31,35,37,38)/p+1/b30-15-. The Morgan fingerprint density at radius 2 is 2.22 bits per heavy atom. The normalized spacial score (nSPS) is 18.8. The lowest BCUT2D eigenvalue weighted by atomic mass is 10.0. The Labute approximate surface area is 242 Å². The molecule has 3 aromatic heterocycles. The highest BCUT2D eigenvalue weighted by Gasteiger charge is 2.54. The topological polar surface area (TPSA) is 194 Å². The second-order valence-electron chi connectivity index (χ2n) is 9.17. The zero-order chi connectivity index (χ0) is 29.1. The number of imidazole rings is 1. The molecule has 2 aliphatic rings. The number of aryl methyl sites for hydroxylation is 1. The first-order chi connectivity index (χ1) is 19.8. The third-order valence-corrected chi connectivity index (χ3v) is 8.41. The van der Waals surface area contributed by atoms with Crippen LogP contribution in [0.25, 0.3) is 11.2 Å². The molecule has 5 rings (SSSR count). The summed E-state index contributed by atoms with van der Waals surface area (Å²) < 4.78 is 7.95. The van der Waals surface area contributed by atoms with E-state index < -0.39 is 29.2 Å². The summed E-state index contributed by atoms with van der Waals surface area (Å²) in [5.74, 6) is -2.16. The molecule has 5 N–H and O–H groups in total. The van der Waals surface area contributed by atoms with Crippen molar-refractivity contribution in [2.45, 2.75) is 37.8 Å². The van der Waals surface area contributed by atoms with Gasteiger partial charge >= 0.3 is 11.6 Å². The average Bonchev–Trinajstić information content (AvgIpc) is 3.58. The number of thioether (sulfide) groups is 1. The summed E-state index contributed by atoms with van der Waals surface area (Å²) in [7, 11) is 1.91. The number of nitrogens with two attached hydrogens (primary N) is 1. The maximum Gasteiger partial charge on any atom is 0.352 e. The summed E-state index contributed by atoms with van der Waals surface area (Å²) in [6.45, 7) is 3.81. The largest absolute Gasteiger partial charge is 0.477 e. The summed E-state index contributed by atoms with van der Waals surface area (Å²) in [4.78, 5) is 53.5. The number of anilines is 1. The van der Waals surface area contributed by atoms with Gasteiger partial charge in [0, 0.05) is 29.4 Å². The van der Waals surface area contributed by atoms with Crippen molar-refractivity contribution in [3.8, 4) is 0 Å². The maximum atomic E-state index is 13.2. The van der Waals surface area contributed by atoms with Crippen molar-refractivity contribution >= 4 is 63.1 Å². The number of β-lactam (4-membered cyclic amide) rings is 1. The zero-order valence-corrected chi connectivity index (χ0v) is 23.9. The Kier molecular flexibility index (Phi) is 8.46. The van der Waals surface area contributed by atoms with Gasteiger partial charge in [-0.15, -0.1) is 11.8 Å². The number of aliphatic carboxylic acids is 1. The number of carboxylic acid groups (broad SMARTS) is 1. The van der Waals surface area contributed by atoms with Crippen molar-refractivity contribution in [3.05, 3.63) is 41.8 Å². The van der Waals surface area contributed by atoms with Crippen molar-refractivity contribution in [2.75, 3.05) is 31.7 Å². The van der Waals surface area contributed by atoms with Crippen LogP contribution in [0.3, 0.4) is 0 Å². The molecule has 2 atom stereocenters. The molecule has 41 heavy (non-hydrogen) atoms. The van der Waals surface area contributed by atoms with Gasteiger partial charge in [-0.05, 0) is 44.1 Å². The summed E-state index contributed by atoms with van der Waals surface area (Å²) >= 11 is 2.26. The first-order valence-electron chi connectivity index (χ1n) is 12.8. The highest BCUT2D eigenvalue weighted by atomic mass is 32.2. The van der Waals surface area contributed by atoms with Gasteiger partial charge in [0.2, 0.25) is 17.9 Å². The number of carboxylic acids is 1. The molecule has 3 aromatic rings. The Bertz CT molecular complexity index is 1550. The van der Waals surface area contributed by atoms with Crippen molar-refractivity contribution in [1.29, 1.82) is 0 Å². The lowest BCUT2D eigenvalue weighted by molar-refractivity contribution is -0.664. The second kappa shape index (κ2) is 12.2. The summed E-state index contributed by atoms with van der Waals surface area (Å²) in [5, 5.41) is 19.2. The van der Waals surface area contributed by atoms with Gasteiger partial charge in [-0.3, -0.25) is 14.5 Å². The van der Waals surface area contributed by atoms with Crippen LogP contribution in [0.2, 0.25) is 0 Å². The fraction of sp³-hybridized carbons (Fsp3) is 0.417. The Balaban J connectivity index is 1.35. The molecule has 5 heterocycles. The molecule has 0 bridgehead atoms. The molecule has 2 amide bonds. The molecule has 0 saturated carbocycles. The van der Waals surface area contributed by atoms with E-state index in [0.717, 1.165) is 42.2 Å². The number of fused-ring (bicyclic) bond motifs is 2. The molecule has 2 aliphatic heterocycles. The second-order valence-corrected chi connectivity index (χ2v) is 11.1. The fourth-order valence-corrected chi connectivity index (χ4v) is 6.45. The molecule has 0 spiro atoms. The van der Waals surface area contributed by atoms with Crippen LogP contribution in [-0.4, -0.2) is 89.8 Å². The molecule has 216 valence electrons. The minimum absolute atomic E-state index is 0.0255. The SMILES string of the molecule is CCO/N=C(\C(=O)NC1C(=O)N2C(C(=O)O)=C(C[n+]3cccc4c3ncn4CCCNC)CSC12)c1nsc(N)n1. The first kappa shape index (κ1) is 28.4. The Hall–Kier alpha value is -4.09. The first-order valence-corrected chi connectivity index (χ1v) is 14.6. The van der Waals surface area contributed by atoms with E-state index in [-0.39, 0.29) is 35.5 Å². The van der Waals surface area contributed by atoms with E-state index in [2.05, 4.69) is 34.7 Å². The van der Waals surface area contributed by atoms with Crippen LogP contribution in [0.5, 0.6) is 0 Å². The summed E-state index contributed by atoms with van der Waals surface area (Å²) in [5.41, 5.74) is 7.56. The summed E-state index contributed by atoms with van der Waals surface area (Å²) in [6.07, 6.45) is 4.56. The van der Waals surface area contributed by atoms with E-state index in [1.54, 1.807) is 13.3 Å². The number of rotatable bonds is 12. The quantitative estimate of drug-likeness (QED) is 0.0690. The van der Waals surface area contributed by atoms with Crippen LogP contribution in [0.15, 0.2) is 41.1 Å². The molecule has 15 nitrogen and oxygen atoms in total. The van der Waals surface area contributed by atoms with Crippen LogP contribution < -0.4 is 20.9 Å². The van der Waals surface area contributed by atoms with E-state index in [1.807, 2.05) is 29.9 Å². The van der Waals surface area contributed by atoms with Crippen molar-refractivity contribution in [3.63, 3.8) is 0 Å². The van der Waals surface area contributed by atoms with Crippen molar-refractivity contribution in [1.82, 2.24) is 34.4 Å². The Morgan fingerprint density at radius 3 is 2.93 bits per heavy atom. The molecule has 17 heteroatoms. The van der Waals surface area contributed by atoms with Gasteiger partial charge in [0.05, 0.1) is 6.20 Å². The number of hydrogen-bond donors (Lipinski definition) is 4. The number of carbonyl (C=O) groups excluding carboxylic acids is 2. The number of nitrogens with zero attached hydrogens (tertiary/aromatic N) is 7. The third-order valence-electron chi connectivity index (χ3n) is 6.53. The molecule has 2 unspecified atom stereocenters. The van der Waals surface area contributed by atoms with Gasteiger partial charge in [-0.2, -0.15) is 9.36 Å². The highest BCUT2D eigenvalue weighted by molar-refractivity contribution is 8.00. The van der Waals surface area contributed by atoms with Crippen LogP contribution >= 0.6 is 23.3 Å². The molecule has 0 radical (unpaired) electrons. The number of carbonyl (C=O) groups is 3. The van der Waals surface area contributed by atoms with Crippen LogP contribution in [0.1, 0.15) is 19.2 Å². The van der Waals surface area contributed by atoms with Gasteiger partial charge in [0.25, 0.3) is 11.8 Å². The predicted molar refractivity (Wildman–Crippen MR) is 151 cm³/mol. The molecule has 1 fully saturated rings. The lowest BCUT2D eigenvalue weighted by Crippen LogP contribution is -2.71. The smallest absolute Gasteiger partial charge is 0.352 e. The minimum atomic E-state index is -1.21. The number of nitrogen functional groups attached to an aromatic ring is 1.